The van der Waals surface area contributed by atoms with Crippen LogP contribution in [0.1, 0.15) is 73.1 Å². The van der Waals surface area contributed by atoms with E-state index in [2.05, 4.69) is 51.2 Å². The van der Waals surface area contributed by atoms with Gasteiger partial charge in [0.2, 0.25) is 5.91 Å². The molecule has 5 heteroatoms. The van der Waals surface area contributed by atoms with Crippen molar-refractivity contribution >= 4 is 5.91 Å². The number of hydrogen-bond donors (Lipinski definition) is 3. The number of carbonyl (C=O) groups excluding carboxylic acids is 1. The van der Waals surface area contributed by atoms with Crippen molar-refractivity contribution in [3.63, 3.8) is 0 Å². The van der Waals surface area contributed by atoms with Gasteiger partial charge < -0.3 is 20.4 Å². The third-order valence-electron chi connectivity index (χ3n) is 10.7. The lowest BCUT2D eigenvalue weighted by atomic mass is 9.44. The monoisotopic (exact) mass is 458 g/mol. The van der Waals surface area contributed by atoms with Crippen molar-refractivity contribution in [2.24, 2.45) is 34.5 Å². The molecule has 0 bridgehead atoms. The van der Waals surface area contributed by atoms with Crippen LogP contribution in [0.3, 0.4) is 0 Å². The summed E-state index contributed by atoms with van der Waals surface area (Å²) >= 11 is 0. The van der Waals surface area contributed by atoms with Crippen LogP contribution < -0.4 is 5.32 Å². The predicted octanol–water partition coefficient (Wildman–Crippen LogP) is 3.91. The lowest BCUT2D eigenvalue weighted by molar-refractivity contribution is -0.160. The maximum atomic E-state index is 12.5. The number of nitrogens with zero attached hydrogens (tertiary/aromatic N) is 1. The average molecular weight is 459 g/mol. The summed E-state index contributed by atoms with van der Waals surface area (Å²) in [7, 11) is 4.39. The number of aliphatic hydroxyl groups is 2. The van der Waals surface area contributed by atoms with Crippen LogP contribution in [0, 0.1) is 34.5 Å². The summed E-state index contributed by atoms with van der Waals surface area (Å²) in [5, 5.41) is 25.5. The van der Waals surface area contributed by atoms with Gasteiger partial charge in [0.1, 0.15) is 0 Å². The van der Waals surface area contributed by atoms with Gasteiger partial charge in [0.15, 0.2) is 0 Å². The van der Waals surface area contributed by atoms with Crippen molar-refractivity contribution in [2.75, 3.05) is 14.1 Å². The Balaban J connectivity index is 1.56. The first-order chi connectivity index (χ1) is 15.5. The van der Waals surface area contributed by atoms with Crippen LogP contribution in [0.4, 0.5) is 0 Å². The molecule has 10 atom stereocenters. The van der Waals surface area contributed by atoms with Crippen LogP contribution in [-0.4, -0.2) is 59.4 Å². The van der Waals surface area contributed by atoms with Gasteiger partial charge in [-0.15, -0.1) is 0 Å². The van der Waals surface area contributed by atoms with E-state index in [1.165, 1.54) is 6.42 Å². The number of fused-ring (bicyclic) bond motifs is 5. The summed E-state index contributed by atoms with van der Waals surface area (Å²) in [6.45, 7) is 10.8. The quantitative estimate of drug-likeness (QED) is 0.441. The Labute approximate surface area is 200 Å². The van der Waals surface area contributed by atoms with Crippen molar-refractivity contribution < 1.29 is 15.0 Å². The van der Waals surface area contributed by atoms with E-state index >= 15 is 0 Å². The van der Waals surface area contributed by atoms with Crippen molar-refractivity contribution in [1.29, 1.82) is 0 Å². The molecule has 4 aliphatic carbocycles. The van der Waals surface area contributed by atoms with E-state index in [9.17, 15) is 15.0 Å². The molecule has 10 unspecified atom stereocenters. The van der Waals surface area contributed by atoms with E-state index in [0.29, 0.717) is 35.8 Å². The van der Waals surface area contributed by atoms with Gasteiger partial charge in [-0.05, 0) is 108 Å². The molecule has 0 spiro atoms. The molecule has 33 heavy (non-hydrogen) atoms. The van der Waals surface area contributed by atoms with Gasteiger partial charge in [-0.25, -0.2) is 0 Å². The van der Waals surface area contributed by atoms with Crippen LogP contribution in [0.5, 0.6) is 0 Å². The molecule has 3 N–H and O–H groups in total. The standard InChI is InChI=1S/C28H46N2O3/c1-8-16(2)26(33)29-24-23(31)15-28(5)21-13-14-27(4)19(17(3)30(6)7)11-12-20(27)18(21)9-10-22(28)25(24)32/h8,12,17-19,21-25,31-32H,9-11,13-15H2,1-7H3,(H,29,33). The number of allylic oxidation sites excluding steroid dienone is 3. The van der Waals surface area contributed by atoms with Gasteiger partial charge in [0.25, 0.3) is 0 Å². The van der Waals surface area contributed by atoms with E-state index in [1.54, 1.807) is 18.6 Å². The average Bonchev–Trinajstić information content (AvgIpc) is 3.12. The molecule has 5 nitrogen and oxygen atoms in total. The van der Waals surface area contributed by atoms with Gasteiger partial charge >= 0.3 is 0 Å². The number of rotatable bonds is 4. The fraction of sp³-hybridized carbons (Fsp3) is 0.821. The minimum absolute atomic E-state index is 0.105. The fourth-order valence-corrected chi connectivity index (χ4v) is 8.44. The third-order valence-corrected chi connectivity index (χ3v) is 10.7. The van der Waals surface area contributed by atoms with Gasteiger partial charge in [-0.3, -0.25) is 4.79 Å². The third kappa shape index (κ3) is 3.83. The van der Waals surface area contributed by atoms with E-state index in [0.717, 1.165) is 25.7 Å². The van der Waals surface area contributed by atoms with E-state index < -0.39 is 18.2 Å². The molecule has 3 fully saturated rings. The smallest absolute Gasteiger partial charge is 0.246 e. The van der Waals surface area contributed by atoms with E-state index in [-0.39, 0.29) is 22.7 Å². The normalized spacial score (nSPS) is 46.2. The van der Waals surface area contributed by atoms with Crippen LogP contribution in [0.15, 0.2) is 23.3 Å². The first-order valence-electron chi connectivity index (χ1n) is 13.1. The lowest BCUT2D eigenvalue weighted by Gasteiger charge is -2.62. The minimum atomic E-state index is -0.721. The topological polar surface area (TPSA) is 72.8 Å². The summed E-state index contributed by atoms with van der Waals surface area (Å²) in [4.78, 5) is 14.9. The Morgan fingerprint density at radius 2 is 1.91 bits per heavy atom. The van der Waals surface area contributed by atoms with Gasteiger partial charge in [0, 0.05) is 11.6 Å². The number of nitrogens with one attached hydrogen (secondary N) is 1. The largest absolute Gasteiger partial charge is 0.391 e. The minimum Gasteiger partial charge on any atom is -0.391 e. The summed E-state index contributed by atoms with van der Waals surface area (Å²) in [5.41, 5.74) is 2.44. The molecule has 0 aromatic carbocycles. The highest BCUT2D eigenvalue weighted by atomic mass is 16.3. The van der Waals surface area contributed by atoms with Crippen LogP contribution >= 0.6 is 0 Å². The second kappa shape index (κ2) is 8.80. The van der Waals surface area contributed by atoms with Gasteiger partial charge in [-0.1, -0.05) is 31.6 Å². The van der Waals surface area contributed by atoms with Crippen molar-refractivity contribution in [2.45, 2.75) is 97.4 Å². The summed E-state index contributed by atoms with van der Waals surface area (Å²) in [5.74, 6) is 1.62. The van der Waals surface area contributed by atoms with E-state index in [4.69, 9.17) is 0 Å². The fourth-order valence-electron chi connectivity index (χ4n) is 8.44. The molecule has 186 valence electrons. The highest BCUT2D eigenvalue weighted by Gasteiger charge is 2.61. The van der Waals surface area contributed by atoms with Gasteiger partial charge in [-0.2, -0.15) is 0 Å². The van der Waals surface area contributed by atoms with Crippen LogP contribution in [0.25, 0.3) is 0 Å². The Kier molecular flexibility index (Phi) is 6.65. The highest BCUT2D eigenvalue weighted by Crippen LogP contribution is 2.66. The molecule has 3 saturated carbocycles. The zero-order valence-corrected chi connectivity index (χ0v) is 21.8. The number of aliphatic hydroxyl groups excluding tert-OH is 2. The highest BCUT2D eigenvalue weighted by molar-refractivity contribution is 5.92. The second-order valence-electron chi connectivity index (χ2n) is 12.3. The zero-order chi connectivity index (χ0) is 24.3. The van der Waals surface area contributed by atoms with E-state index in [1.807, 2.05) is 6.92 Å². The maximum absolute atomic E-state index is 12.5. The number of carbonyl (C=O) groups is 1. The molecule has 0 radical (unpaired) electrons. The van der Waals surface area contributed by atoms with Crippen LogP contribution in [-0.2, 0) is 4.79 Å². The zero-order valence-electron chi connectivity index (χ0n) is 21.8. The Bertz CT molecular complexity index is 835. The van der Waals surface area contributed by atoms with Crippen molar-refractivity contribution in [3.05, 3.63) is 23.3 Å². The second-order valence-corrected chi connectivity index (χ2v) is 12.3. The molecule has 0 heterocycles. The predicted molar refractivity (Wildman–Crippen MR) is 132 cm³/mol. The molecule has 4 rings (SSSR count). The first-order valence-corrected chi connectivity index (χ1v) is 13.1. The summed E-state index contributed by atoms with van der Waals surface area (Å²) in [6.07, 6.45) is 9.14. The maximum Gasteiger partial charge on any atom is 0.246 e. The summed E-state index contributed by atoms with van der Waals surface area (Å²) < 4.78 is 0. The molecular formula is C28H46N2O3. The number of amides is 1. The molecule has 0 aromatic rings. The number of hydrogen-bond acceptors (Lipinski definition) is 4. The molecule has 0 aromatic heterocycles. The molecule has 1 amide bonds. The lowest BCUT2D eigenvalue weighted by Crippen LogP contribution is -2.65. The van der Waals surface area contributed by atoms with Crippen molar-refractivity contribution in [3.8, 4) is 0 Å². The molecule has 0 saturated heterocycles. The summed E-state index contributed by atoms with van der Waals surface area (Å²) in [6, 6.07) is -0.0394. The molecule has 0 aliphatic heterocycles. The Morgan fingerprint density at radius 3 is 2.55 bits per heavy atom. The Morgan fingerprint density at radius 1 is 1.21 bits per heavy atom. The van der Waals surface area contributed by atoms with Crippen molar-refractivity contribution in [1.82, 2.24) is 10.2 Å². The SMILES string of the molecule is CC=C(C)C(=O)NC1C(O)CC2(C)C3CCC4(C)C(=CCC4C(C)N(C)C)C3CCC2C1O. The first kappa shape index (κ1) is 24.9. The van der Waals surface area contributed by atoms with Gasteiger partial charge in [0.05, 0.1) is 18.2 Å². The Hall–Kier alpha value is -1.17. The molecular weight excluding hydrogens is 412 g/mol. The van der Waals surface area contributed by atoms with Crippen LogP contribution in [0.2, 0.25) is 0 Å². The molecule has 4 aliphatic rings.